The minimum atomic E-state index is -0.452. The fourth-order valence-corrected chi connectivity index (χ4v) is 3.00. The lowest BCUT2D eigenvalue weighted by Crippen LogP contribution is -2.16. The molecule has 3 rings (SSSR count). The van der Waals surface area contributed by atoms with Crippen molar-refractivity contribution < 1.29 is 18.7 Å². The summed E-state index contributed by atoms with van der Waals surface area (Å²) in [6.07, 6.45) is 0.454. The topological polar surface area (TPSA) is 71.3 Å². The Morgan fingerprint density at radius 3 is 2.58 bits per heavy atom. The molecule has 0 heterocycles. The maximum Gasteiger partial charge on any atom is 0.227 e. The average molecular weight is 439 g/mol. The monoisotopic (exact) mass is 438 g/mol. The van der Waals surface area contributed by atoms with Crippen LogP contribution in [0.4, 0.5) is 10.1 Å². The van der Waals surface area contributed by atoms with Crippen LogP contribution in [-0.4, -0.2) is 12.5 Å². The van der Waals surface area contributed by atoms with E-state index in [9.17, 15) is 9.18 Å². The average Bonchev–Trinajstić information content (AvgIpc) is 2.76. The Hall–Kier alpha value is -3.56. The van der Waals surface area contributed by atoms with Gasteiger partial charge in [0.1, 0.15) is 23.9 Å². The molecule has 0 bridgehead atoms. The Kier molecular flexibility index (Phi) is 7.85. The number of hydrogen-bond acceptors (Lipinski definition) is 4. The Balaban J connectivity index is 1.52. The van der Waals surface area contributed by atoms with Gasteiger partial charge in [-0.2, -0.15) is 5.26 Å². The van der Waals surface area contributed by atoms with Crippen LogP contribution in [0.3, 0.4) is 0 Å². The fraction of sp³-hybridized carbons (Fsp3) is 0.167. The van der Waals surface area contributed by atoms with E-state index in [0.717, 1.165) is 17.2 Å². The largest absolute Gasteiger partial charge is 0.491 e. The van der Waals surface area contributed by atoms with Crippen molar-refractivity contribution in [3.63, 3.8) is 0 Å². The SMILES string of the molecule is N#CCc1ccc(OCc2ccccc2NC(=O)CCOc2ccc(F)cc2Cl)cc1. The third-order valence-corrected chi connectivity index (χ3v) is 4.67. The van der Waals surface area contributed by atoms with Gasteiger partial charge in [-0.25, -0.2) is 4.39 Å². The van der Waals surface area contributed by atoms with Gasteiger partial charge in [0.25, 0.3) is 0 Å². The third-order valence-electron chi connectivity index (χ3n) is 4.37. The number of nitrogens with one attached hydrogen (secondary N) is 1. The maximum atomic E-state index is 13.1. The van der Waals surface area contributed by atoms with Crippen molar-refractivity contribution in [3.8, 4) is 17.6 Å². The summed E-state index contributed by atoms with van der Waals surface area (Å²) in [7, 11) is 0. The zero-order valence-corrected chi connectivity index (χ0v) is 17.4. The molecular weight excluding hydrogens is 419 g/mol. The Labute approximate surface area is 185 Å². The van der Waals surface area contributed by atoms with E-state index >= 15 is 0 Å². The van der Waals surface area contributed by atoms with Crippen LogP contribution in [0.5, 0.6) is 11.5 Å². The van der Waals surface area contributed by atoms with Gasteiger partial charge >= 0.3 is 0 Å². The van der Waals surface area contributed by atoms with Crippen LogP contribution in [-0.2, 0) is 17.8 Å². The zero-order chi connectivity index (χ0) is 22.1. The van der Waals surface area contributed by atoms with Crippen LogP contribution in [0.15, 0.2) is 66.7 Å². The Bertz CT molecular complexity index is 1080. The van der Waals surface area contributed by atoms with Crippen LogP contribution in [0.2, 0.25) is 5.02 Å². The summed E-state index contributed by atoms with van der Waals surface area (Å²) in [6, 6.07) is 20.6. The van der Waals surface area contributed by atoms with E-state index in [1.54, 1.807) is 6.07 Å². The highest BCUT2D eigenvalue weighted by Gasteiger charge is 2.09. The number of nitriles is 1. The molecular formula is C24H20ClFN2O3. The molecule has 0 saturated carbocycles. The molecule has 1 amide bonds. The van der Waals surface area contributed by atoms with Crippen molar-refractivity contribution in [2.75, 3.05) is 11.9 Å². The van der Waals surface area contributed by atoms with E-state index in [1.165, 1.54) is 12.1 Å². The van der Waals surface area contributed by atoms with E-state index in [0.29, 0.717) is 23.6 Å². The first-order valence-electron chi connectivity index (χ1n) is 9.59. The first kappa shape index (κ1) is 22.1. The second-order valence-electron chi connectivity index (χ2n) is 6.65. The number of nitrogens with zero attached hydrogens (tertiary/aromatic N) is 1. The van der Waals surface area contributed by atoms with E-state index in [4.69, 9.17) is 26.3 Å². The minimum absolute atomic E-state index is 0.100. The minimum Gasteiger partial charge on any atom is -0.491 e. The number of amides is 1. The Morgan fingerprint density at radius 2 is 1.84 bits per heavy atom. The number of ether oxygens (including phenoxy) is 2. The molecule has 0 aliphatic carbocycles. The maximum absolute atomic E-state index is 13.1. The number of anilines is 1. The van der Waals surface area contributed by atoms with Crippen molar-refractivity contribution in [1.29, 1.82) is 5.26 Å². The Morgan fingerprint density at radius 1 is 1.06 bits per heavy atom. The molecule has 0 fully saturated rings. The molecule has 0 radical (unpaired) electrons. The first-order chi connectivity index (χ1) is 15.0. The molecule has 7 heteroatoms. The molecule has 31 heavy (non-hydrogen) atoms. The molecule has 0 aromatic heterocycles. The number of carbonyl (C=O) groups excluding carboxylic acids is 1. The van der Waals surface area contributed by atoms with Crippen molar-refractivity contribution in [1.82, 2.24) is 0 Å². The summed E-state index contributed by atoms with van der Waals surface area (Å²) in [5, 5.41) is 11.7. The van der Waals surface area contributed by atoms with E-state index in [1.807, 2.05) is 42.5 Å². The number of benzene rings is 3. The van der Waals surface area contributed by atoms with Crippen molar-refractivity contribution in [2.45, 2.75) is 19.4 Å². The number of rotatable bonds is 9. The molecule has 0 saturated heterocycles. The summed E-state index contributed by atoms with van der Waals surface area (Å²) in [4.78, 5) is 12.3. The fourth-order valence-electron chi connectivity index (χ4n) is 2.78. The standard InChI is InChI=1S/C24H20ClFN2O3/c25-21-15-19(26)7-10-23(21)30-14-12-24(29)28-22-4-2-1-3-18(22)16-31-20-8-5-17(6-9-20)11-13-27/h1-10,15H,11-12,14,16H2,(H,28,29). The van der Waals surface area contributed by atoms with Gasteiger partial charge in [0, 0.05) is 11.3 Å². The highest BCUT2D eigenvalue weighted by Crippen LogP contribution is 2.25. The summed E-state index contributed by atoms with van der Waals surface area (Å²) < 4.78 is 24.3. The third kappa shape index (κ3) is 6.73. The van der Waals surface area contributed by atoms with Crippen molar-refractivity contribution >= 4 is 23.2 Å². The number of para-hydroxylation sites is 1. The zero-order valence-electron chi connectivity index (χ0n) is 16.6. The van der Waals surface area contributed by atoms with E-state index in [2.05, 4.69) is 11.4 Å². The van der Waals surface area contributed by atoms with Crippen LogP contribution in [0.25, 0.3) is 0 Å². The summed E-state index contributed by atoms with van der Waals surface area (Å²) in [5.74, 6) is 0.316. The number of hydrogen-bond donors (Lipinski definition) is 1. The van der Waals surface area contributed by atoms with Crippen molar-refractivity contribution in [3.05, 3.63) is 88.7 Å². The van der Waals surface area contributed by atoms with E-state index in [-0.39, 0.29) is 30.6 Å². The molecule has 158 valence electrons. The predicted molar refractivity (Wildman–Crippen MR) is 117 cm³/mol. The molecule has 3 aromatic rings. The molecule has 1 N–H and O–H groups in total. The molecule has 0 unspecified atom stereocenters. The van der Waals surface area contributed by atoms with Gasteiger partial charge in [-0.05, 0) is 42.0 Å². The lowest BCUT2D eigenvalue weighted by molar-refractivity contribution is -0.116. The quantitative estimate of drug-likeness (QED) is 0.476. The van der Waals surface area contributed by atoms with Gasteiger partial charge < -0.3 is 14.8 Å². The van der Waals surface area contributed by atoms with Crippen LogP contribution < -0.4 is 14.8 Å². The van der Waals surface area contributed by atoms with Gasteiger partial charge in [-0.3, -0.25) is 4.79 Å². The van der Waals surface area contributed by atoms with Crippen LogP contribution >= 0.6 is 11.6 Å². The highest BCUT2D eigenvalue weighted by atomic mass is 35.5. The smallest absolute Gasteiger partial charge is 0.227 e. The number of halogens is 2. The number of carbonyl (C=O) groups is 1. The lowest BCUT2D eigenvalue weighted by Gasteiger charge is -2.13. The molecule has 5 nitrogen and oxygen atoms in total. The van der Waals surface area contributed by atoms with Gasteiger partial charge in [-0.1, -0.05) is 41.9 Å². The van der Waals surface area contributed by atoms with Gasteiger partial charge in [0.15, 0.2) is 0 Å². The van der Waals surface area contributed by atoms with Gasteiger partial charge in [0.05, 0.1) is 30.5 Å². The second-order valence-corrected chi connectivity index (χ2v) is 7.05. The summed E-state index contributed by atoms with van der Waals surface area (Å²) >= 11 is 5.91. The molecule has 0 spiro atoms. The van der Waals surface area contributed by atoms with Crippen LogP contribution in [0, 0.1) is 17.1 Å². The summed E-state index contributed by atoms with van der Waals surface area (Å²) in [5.41, 5.74) is 2.39. The van der Waals surface area contributed by atoms with Crippen LogP contribution in [0.1, 0.15) is 17.5 Å². The molecule has 3 aromatic carbocycles. The van der Waals surface area contributed by atoms with Crippen molar-refractivity contribution in [2.24, 2.45) is 0 Å². The highest BCUT2D eigenvalue weighted by molar-refractivity contribution is 6.32. The summed E-state index contributed by atoms with van der Waals surface area (Å²) in [6.45, 7) is 0.376. The van der Waals surface area contributed by atoms with E-state index < -0.39 is 5.82 Å². The molecule has 0 aliphatic heterocycles. The molecule has 0 atom stereocenters. The van der Waals surface area contributed by atoms with Gasteiger partial charge in [0.2, 0.25) is 5.91 Å². The molecule has 0 aliphatic rings. The van der Waals surface area contributed by atoms with Gasteiger partial charge in [-0.15, -0.1) is 0 Å². The lowest BCUT2D eigenvalue weighted by atomic mass is 10.1. The second kappa shape index (κ2) is 11.0. The predicted octanol–water partition coefficient (Wildman–Crippen LogP) is 5.53. The normalized spacial score (nSPS) is 10.2. The first-order valence-corrected chi connectivity index (χ1v) is 9.97.